The third-order valence-corrected chi connectivity index (χ3v) is 5.41. The minimum absolute atomic E-state index is 0.480. The maximum Gasteiger partial charge on any atom is 0.144 e. The van der Waals surface area contributed by atoms with Crippen molar-refractivity contribution in [2.45, 2.75) is 16.8 Å². The maximum absolute atomic E-state index is 7.54. The number of benzene rings is 2. The Morgan fingerprint density at radius 3 is 2.69 bits per heavy atom. The summed E-state index contributed by atoms with van der Waals surface area (Å²) >= 11 is 1.63. The second-order valence-electron chi connectivity index (χ2n) is 6.48. The summed E-state index contributed by atoms with van der Waals surface area (Å²) in [6, 6.07) is 13.8. The molecule has 0 aliphatic rings. The number of aryl methyl sites for hydroxylation is 1. The number of hydrogen-bond acceptors (Lipinski definition) is 7. The summed E-state index contributed by atoms with van der Waals surface area (Å²) in [7, 11) is 1.58. The highest BCUT2D eigenvalue weighted by molar-refractivity contribution is 7.99. The van der Waals surface area contributed by atoms with Crippen molar-refractivity contribution in [2.24, 2.45) is 0 Å². The van der Waals surface area contributed by atoms with Crippen LogP contribution in [-0.2, 0) is 0 Å². The van der Waals surface area contributed by atoms with Crippen LogP contribution in [0.15, 0.2) is 58.7 Å². The molecule has 0 saturated carbocycles. The van der Waals surface area contributed by atoms with E-state index < -0.39 is 0 Å². The first kappa shape index (κ1) is 18.8. The molecule has 4 rings (SSSR count). The highest BCUT2D eigenvalue weighted by Crippen LogP contribution is 2.35. The summed E-state index contributed by atoms with van der Waals surface area (Å²) in [4.78, 5) is 13.2. The average Bonchev–Trinajstić information content (AvgIpc) is 3.14. The molecule has 8 heteroatoms. The van der Waals surface area contributed by atoms with E-state index in [2.05, 4.69) is 51.5 Å². The number of hydrogen-bond donors (Lipinski definition) is 4. The van der Waals surface area contributed by atoms with E-state index in [1.54, 1.807) is 31.0 Å². The van der Waals surface area contributed by atoms with Gasteiger partial charge in [-0.1, -0.05) is 29.5 Å². The number of H-pyrrole nitrogens is 1. The fourth-order valence-corrected chi connectivity index (χ4v) is 3.79. The topological polar surface area (TPSA) is 113 Å². The van der Waals surface area contributed by atoms with Gasteiger partial charge in [0, 0.05) is 28.4 Å². The third kappa shape index (κ3) is 3.88. The van der Waals surface area contributed by atoms with E-state index >= 15 is 0 Å². The van der Waals surface area contributed by atoms with Crippen molar-refractivity contribution >= 4 is 46.2 Å². The predicted molar refractivity (Wildman–Crippen MR) is 118 cm³/mol. The second kappa shape index (κ2) is 7.84. The normalized spacial score (nSPS) is 10.8. The number of rotatable bonds is 6. The molecule has 0 aliphatic heterocycles. The summed E-state index contributed by atoms with van der Waals surface area (Å²) in [5, 5.41) is 12.7. The van der Waals surface area contributed by atoms with Crippen LogP contribution in [0, 0.1) is 12.3 Å². The van der Waals surface area contributed by atoms with Gasteiger partial charge in [0.05, 0.1) is 23.2 Å². The summed E-state index contributed by atoms with van der Waals surface area (Å²) in [6.45, 7) is 2.07. The molecule has 2 heterocycles. The van der Waals surface area contributed by atoms with Crippen LogP contribution in [0.3, 0.4) is 0 Å². The lowest BCUT2D eigenvalue weighted by Gasteiger charge is -2.13. The molecule has 0 bridgehead atoms. The molecule has 0 aliphatic carbocycles. The molecule has 29 heavy (non-hydrogen) atoms. The maximum atomic E-state index is 7.54. The molecule has 4 aromatic rings. The Kier molecular flexibility index (Phi) is 5.09. The quantitative estimate of drug-likeness (QED) is 0.272. The fraction of sp³-hybridized carbons (Fsp3) is 0.0952. The van der Waals surface area contributed by atoms with Crippen LogP contribution in [0.4, 0.5) is 17.2 Å². The van der Waals surface area contributed by atoms with Crippen molar-refractivity contribution in [2.75, 3.05) is 18.2 Å². The van der Waals surface area contributed by atoms with Gasteiger partial charge in [-0.25, -0.2) is 9.97 Å². The summed E-state index contributed by atoms with van der Waals surface area (Å²) in [6.07, 6.45) is 2.71. The molecule has 0 fully saturated rings. The molecular formula is C21H20N6OS. The number of aromatic amines is 1. The lowest BCUT2D eigenvalue weighted by molar-refractivity contribution is 0.417. The van der Waals surface area contributed by atoms with Crippen LogP contribution < -0.4 is 15.8 Å². The molecule has 2 aromatic carbocycles. The van der Waals surface area contributed by atoms with Crippen LogP contribution in [0.25, 0.3) is 11.0 Å². The first-order valence-electron chi connectivity index (χ1n) is 8.90. The number of nitrogens with one attached hydrogen (secondary N) is 3. The number of ether oxygens (including phenoxy) is 1. The summed E-state index contributed by atoms with van der Waals surface area (Å²) < 4.78 is 5.43. The smallest absolute Gasteiger partial charge is 0.144 e. The van der Waals surface area contributed by atoms with Gasteiger partial charge in [-0.05, 0) is 31.2 Å². The zero-order valence-corrected chi connectivity index (χ0v) is 16.8. The lowest BCUT2D eigenvalue weighted by atomic mass is 10.1. The summed E-state index contributed by atoms with van der Waals surface area (Å²) in [5.41, 5.74) is 9.67. The first-order valence-corrected chi connectivity index (χ1v) is 9.72. The van der Waals surface area contributed by atoms with E-state index in [1.807, 2.05) is 6.07 Å². The Balaban J connectivity index is 1.69. The molecule has 0 spiro atoms. The fourth-order valence-electron chi connectivity index (χ4n) is 2.94. The molecule has 7 nitrogen and oxygen atoms in total. The minimum Gasteiger partial charge on any atom is -0.494 e. The Hall–Kier alpha value is -3.52. The molecule has 146 valence electrons. The molecule has 0 radical (unpaired) electrons. The average molecular weight is 404 g/mol. The molecule has 5 N–H and O–H groups in total. The third-order valence-electron chi connectivity index (χ3n) is 4.46. The van der Waals surface area contributed by atoms with Crippen LogP contribution >= 0.6 is 11.8 Å². The zero-order chi connectivity index (χ0) is 20.4. The standard InChI is InChI=1S/C21H20N6OS/c1-12-3-5-14(6-4-12)29-19-8-15-20(24-11-25-21(15)27-19)26-17-7-13(10-22)16(23)9-18(17)28-2/h3-11,22H,23H2,1-2H3,(H2,24,25,26,27). The van der Waals surface area contributed by atoms with Crippen molar-refractivity contribution in [1.82, 2.24) is 15.0 Å². The number of nitrogen functional groups attached to an aromatic ring is 1. The van der Waals surface area contributed by atoms with Gasteiger partial charge in [0.25, 0.3) is 0 Å². The van der Waals surface area contributed by atoms with Gasteiger partial charge in [-0.15, -0.1) is 0 Å². The molecular weight excluding hydrogens is 384 g/mol. The van der Waals surface area contributed by atoms with E-state index in [0.29, 0.717) is 28.5 Å². The van der Waals surface area contributed by atoms with E-state index in [-0.39, 0.29) is 0 Å². The van der Waals surface area contributed by atoms with Gasteiger partial charge >= 0.3 is 0 Å². The SMILES string of the molecule is COc1cc(N)c(C=N)cc1Nc1ncnc2[nH]c(Sc3ccc(C)cc3)cc12. The molecule has 0 amide bonds. The van der Waals surface area contributed by atoms with Crippen LogP contribution in [0.5, 0.6) is 5.75 Å². The molecule has 0 atom stereocenters. The van der Waals surface area contributed by atoms with Gasteiger partial charge in [0.1, 0.15) is 23.5 Å². The Morgan fingerprint density at radius 2 is 1.97 bits per heavy atom. The van der Waals surface area contributed by atoms with Gasteiger partial charge in [-0.2, -0.15) is 0 Å². The number of aromatic nitrogens is 3. The van der Waals surface area contributed by atoms with Crippen molar-refractivity contribution in [3.05, 3.63) is 59.9 Å². The van der Waals surface area contributed by atoms with Crippen LogP contribution in [-0.4, -0.2) is 28.3 Å². The van der Waals surface area contributed by atoms with Gasteiger partial charge in [0.15, 0.2) is 0 Å². The van der Waals surface area contributed by atoms with Crippen molar-refractivity contribution in [3.63, 3.8) is 0 Å². The van der Waals surface area contributed by atoms with Crippen LogP contribution in [0.1, 0.15) is 11.1 Å². The van der Waals surface area contributed by atoms with E-state index in [0.717, 1.165) is 21.0 Å². The van der Waals surface area contributed by atoms with E-state index in [9.17, 15) is 0 Å². The first-order chi connectivity index (χ1) is 14.1. The molecule has 0 saturated heterocycles. The van der Waals surface area contributed by atoms with E-state index in [1.165, 1.54) is 18.1 Å². The Morgan fingerprint density at radius 1 is 1.17 bits per heavy atom. The number of methoxy groups -OCH3 is 1. The molecule has 0 unspecified atom stereocenters. The zero-order valence-electron chi connectivity index (χ0n) is 16.0. The van der Waals surface area contributed by atoms with Gasteiger partial charge < -0.3 is 26.2 Å². The van der Waals surface area contributed by atoms with Crippen molar-refractivity contribution in [1.29, 1.82) is 5.41 Å². The Bertz CT molecular complexity index is 1190. The van der Waals surface area contributed by atoms with Crippen LogP contribution in [0.2, 0.25) is 0 Å². The summed E-state index contributed by atoms with van der Waals surface area (Å²) in [5.74, 6) is 1.21. The number of nitrogens with two attached hydrogens (primary N) is 1. The van der Waals surface area contributed by atoms with Gasteiger partial charge in [-0.3, -0.25) is 0 Å². The highest BCUT2D eigenvalue weighted by atomic mass is 32.2. The number of anilines is 3. The monoisotopic (exact) mass is 404 g/mol. The number of nitrogens with zero attached hydrogens (tertiary/aromatic N) is 2. The van der Waals surface area contributed by atoms with Gasteiger partial charge in [0.2, 0.25) is 0 Å². The lowest BCUT2D eigenvalue weighted by Crippen LogP contribution is -2.01. The second-order valence-corrected chi connectivity index (χ2v) is 7.60. The van der Waals surface area contributed by atoms with E-state index in [4.69, 9.17) is 15.9 Å². The van der Waals surface area contributed by atoms with Crippen molar-refractivity contribution < 1.29 is 4.74 Å². The highest BCUT2D eigenvalue weighted by Gasteiger charge is 2.13. The predicted octanol–water partition coefficient (Wildman–Crippen LogP) is 4.75. The number of fused-ring (bicyclic) bond motifs is 1. The van der Waals surface area contributed by atoms with Crippen molar-refractivity contribution in [3.8, 4) is 5.75 Å². The largest absolute Gasteiger partial charge is 0.494 e. The molecule has 2 aromatic heterocycles. The minimum atomic E-state index is 0.480. The Labute approximate surface area is 172 Å².